The zero-order chi connectivity index (χ0) is 27.6. The fourth-order valence-electron chi connectivity index (χ4n) is 3.85. The molecule has 0 radical (unpaired) electrons. The van der Waals surface area contributed by atoms with Gasteiger partial charge in [0.15, 0.2) is 0 Å². The normalized spacial score (nSPS) is 10.2. The largest absolute Gasteiger partial charge is 0.140 e. The maximum Gasteiger partial charge on any atom is 0.0351 e. The average Bonchev–Trinajstić information content (AvgIpc) is 3.41. The van der Waals surface area contributed by atoms with Crippen LogP contribution in [-0.4, -0.2) is 0 Å². The second kappa shape index (κ2) is 20.3. The molecule has 0 aliphatic heterocycles. The van der Waals surface area contributed by atoms with Crippen LogP contribution in [0.15, 0.2) is 37.4 Å². The highest BCUT2D eigenvalue weighted by molar-refractivity contribution is 7.19. The smallest absolute Gasteiger partial charge is 0.0351 e. The standard InChI is InChI=1S/C24H26S2.C3H8.3C2H6/c1-7-12-19(24-17(6)26-22-14-11-10-13-20(22)24)15(4)23-16(5)25-21(9-3)18(23)8-2;1-3-2;3*1-2/h8-11,13-14H,2-3,7,12H2,1,4-6H3;3H2,1-2H3;3*1-2H3/b19-15-;;;;. The predicted molar refractivity (Wildman–Crippen MR) is 173 cm³/mol. The molecule has 3 rings (SSSR count). The van der Waals surface area contributed by atoms with Gasteiger partial charge in [0.05, 0.1) is 0 Å². The molecule has 0 nitrogen and oxygen atoms in total. The number of hydrogen-bond acceptors (Lipinski definition) is 2. The van der Waals surface area contributed by atoms with E-state index in [0.717, 1.165) is 12.8 Å². The second-order valence-corrected chi connectivity index (χ2v) is 9.82. The van der Waals surface area contributed by atoms with Crippen LogP contribution in [0, 0.1) is 13.8 Å². The van der Waals surface area contributed by atoms with Crippen LogP contribution in [0.2, 0.25) is 0 Å². The molecule has 35 heavy (non-hydrogen) atoms. The summed E-state index contributed by atoms with van der Waals surface area (Å²) in [6, 6.07) is 8.78. The van der Waals surface area contributed by atoms with Gasteiger partial charge in [0.1, 0.15) is 0 Å². The van der Waals surface area contributed by atoms with E-state index in [-0.39, 0.29) is 0 Å². The SMILES string of the molecule is C=Cc1sc(C)c(/C(C)=C(/CCC)c2c(C)sc3ccccc23)c1C=C.CC.CC.CC.CCC. The summed E-state index contributed by atoms with van der Waals surface area (Å²) in [6.07, 6.45) is 7.41. The zero-order valence-corrected chi connectivity index (χ0v) is 26.4. The lowest BCUT2D eigenvalue weighted by Crippen LogP contribution is -1.93. The van der Waals surface area contributed by atoms with Gasteiger partial charge >= 0.3 is 0 Å². The number of benzene rings is 1. The lowest BCUT2D eigenvalue weighted by Gasteiger charge is -2.15. The fraction of sp³-hybridized carbons (Fsp3) is 0.455. The van der Waals surface area contributed by atoms with Crippen LogP contribution in [0.5, 0.6) is 0 Å². The van der Waals surface area contributed by atoms with E-state index in [2.05, 4.69) is 79.0 Å². The first-order chi connectivity index (χ1) is 16.9. The van der Waals surface area contributed by atoms with Crippen molar-refractivity contribution in [3.8, 4) is 0 Å². The molecule has 196 valence electrons. The number of allylic oxidation sites excluding steroid dienone is 2. The third-order valence-electron chi connectivity index (χ3n) is 4.94. The van der Waals surface area contributed by atoms with Crippen LogP contribution in [0.25, 0.3) is 33.4 Å². The van der Waals surface area contributed by atoms with E-state index in [9.17, 15) is 0 Å². The monoisotopic (exact) mass is 512 g/mol. The first-order valence-corrected chi connectivity index (χ1v) is 15.1. The van der Waals surface area contributed by atoms with Crippen LogP contribution in [-0.2, 0) is 0 Å². The first kappa shape index (κ1) is 35.3. The van der Waals surface area contributed by atoms with Crippen molar-refractivity contribution >= 4 is 56.1 Å². The molecule has 0 saturated heterocycles. The summed E-state index contributed by atoms with van der Waals surface area (Å²) in [6.45, 7) is 33.3. The van der Waals surface area contributed by atoms with E-state index in [4.69, 9.17) is 0 Å². The van der Waals surface area contributed by atoms with Crippen LogP contribution in [0.1, 0.15) is 120 Å². The molecule has 0 atom stereocenters. The van der Waals surface area contributed by atoms with Crippen LogP contribution in [0.4, 0.5) is 0 Å². The van der Waals surface area contributed by atoms with Gasteiger partial charge in [-0.25, -0.2) is 0 Å². The van der Waals surface area contributed by atoms with E-state index in [1.54, 1.807) is 0 Å². The Balaban J connectivity index is 0. The molecule has 0 saturated carbocycles. The Morgan fingerprint density at radius 1 is 0.800 bits per heavy atom. The van der Waals surface area contributed by atoms with Gasteiger partial charge in [-0.2, -0.15) is 0 Å². The quantitative estimate of drug-likeness (QED) is 0.308. The number of thiophene rings is 2. The van der Waals surface area contributed by atoms with Crippen LogP contribution < -0.4 is 0 Å². The number of aryl methyl sites for hydroxylation is 2. The molecule has 0 aliphatic rings. The third kappa shape index (κ3) is 9.24. The second-order valence-electron chi connectivity index (χ2n) is 7.31. The average molecular weight is 513 g/mol. The lowest BCUT2D eigenvalue weighted by molar-refractivity contribution is 0.974. The van der Waals surface area contributed by atoms with E-state index in [0.29, 0.717) is 0 Å². The van der Waals surface area contributed by atoms with Crippen molar-refractivity contribution in [2.75, 3.05) is 0 Å². The predicted octanol–water partition coefficient (Wildman–Crippen LogP) is 13.1. The molecule has 3 aromatic rings. The van der Waals surface area contributed by atoms with Crippen molar-refractivity contribution in [2.24, 2.45) is 0 Å². The number of rotatable bonds is 6. The molecule has 0 spiro atoms. The Kier molecular flexibility index (Phi) is 20.5. The van der Waals surface area contributed by atoms with Crippen molar-refractivity contribution in [1.82, 2.24) is 0 Å². The summed E-state index contributed by atoms with van der Waals surface area (Å²) < 4.78 is 1.37. The van der Waals surface area contributed by atoms with Crippen molar-refractivity contribution in [1.29, 1.82) is 0 Å². The summed E-state index contributed by atoms with van der Waals surface area (Å²) in [7, 11) is 0. The van der Waals surface area contributed by atoms with Crippen molar-refractivity contribution in [2.45, 2.75) is 102 Å². The van der Waals surface area contributed by atoms with Gasteiger partial charge in [-0.1, -0.05) is 119 Å². The molecule has 0 amide bonds. The summed E-state index contributed by atoms with van der Waals surface area (Å²) in [5.41, 5.74) is 6.87. The molecular formula is C33H52S2. The molecule has 1 aromatic carbocycles. The molecule has 0 aliphatic carbocycles. The molecule has 2 aromatic heterocycles. The topological polar surface area (TPSA) is 0 Å². The molecular weight excluding hydrogens is 460 g/mol. The fourth-order valence-corrected chi connectivity index (χ4v) is 6.01. The van der Waals surface area contributed by atoms with Crippen LogP contribution >= 0.6 is 22.7 Å². The van der Waals surface area contributed by atoms with Gasteiger partial charge in [-0.15, -0.1) is 22.7 Å². The summed E-state index contributed by atoms with van der Waals surface area (Å²) in [4.78, 5) is 3.97. The van der Waals surface area contributed by atoms with E-state index < -0.39 is 0 Å². The van der Waals surface area contributed by atoms with Crippen molar-refractivity contribution in [3.63, 3.8) is 0 Å². The first-order valence-electron chi connectivity index (χ1n) is 13.5. The summed E-state index contributed by atoms with van der Waals surface area (Å²) >= 11 is 3.72. The minimum absolute atomic E-state index is 1.09. The highest BCUT2D eigenvalue weighted by atomic mass is 32.1. The maximum absolute atomic E-state index is 4.07. The number of fused-ring (bicyclic) bond motifs is 1. The van der Waals surface area contributed by atoms with Gasteiger partial charge < -0.3 is 0 Å². The maximum atomic E-state index is 4.07. The lowest BCUT2D eigenvalue weighted by atomic mass is 9.89. The Morgan fingerprint density at radius 3 is 1.80 bits per heavy atom. The molecule has 0 fully saturated rings. The molecule has 0 N–H and O–H groups in total. The zero-order valence-electron chi connectivity index (χ0n) is 24.8. The van der Waals surface area contributed by atoms with Gasteiger partial charge in [-0.05, 0) is 61.1 Å². The highest BCUT2D eigenvalue weighted by Gasteiger charge is 2.20. The molecule has 2 heterocycles. The number of hydrogen-bond donors (Lipinski definition) is 0. The van der Waals surface area contributed by atoms with Gasteiger partial charge in [-0.3, -0.25) is 0 Å². The minimum atomic E-state index is 1.09. The van der Waals surface area contributed by atoms with Crippen molar-refractivity contribution < 1.29 is 0 Å². The highest BCUT2D eigenvalue weighted by Crippen LogP contribution is 2.43. The minimum Gasteiger partial charge on any atom is -0.140 e. The summed E-state index contributed by atoms with van der Waals surface area (Å²) in [5.74, 6) is 0. The Morgan fingerprint density at radius 2 is 1.31 bits per heavy atom. The van der Waals surface area contributed by atoms with E-state index in [1.807, 2.05) is 76.4 Å². The van der Waals surface area contributed by atoms with Gasteiger partial charge in [0.25, 0.3) is 0 Å². The Labute approximate surface area is 226 Å². The summed E-state index contributed by atoms with van der Waals surface area (Å²) in [5, 5.41) is 1.38. The van der Waals surface area contributed by atoms with Crippen molar-refractivity contribution in [3.05, 3.63) is 68.7 Å². The molecule has 0 unspecified atom stereocenters. The molecule has 0 bridgehead atoms. The van der Waals surface area contributed by atoms with Crippen LogP contribution in [0.3, 0.4) is 0 Å². The van der Waals surface area contributed by atoms with E-state index in [1.165, 1.54) is 59.0 Å². The Hall–Kier alpha value is -1.90. The third-order valence-corrected chi connectivity index (χ3v) is 7.14. The Bertz CT molecular complexity index is 1020. The van der Waals surface area contributed by atoms with E-state index >= 15 is 0 Å². The van der Waals surface area contributed by atoms with Gasteiger partial charge in [0, 0.05) is 24.7 Å². The van der Waals surface area contributed by atoms with Gasteiger partial charge in [0.2, 0.25) is 0 Å². The molecule has 2 heteroatoms.